The molecule has 1 fully saturated rings. The third kappa shape index (κ3) is 3.89. The maximum atomic E-state index is 10.5. The quantitative estimate of drug-likeness (QED) is 0.678. The van der Waals surface area contributed by atoms with Crippen LogP contribution in [0.1, 0.15) is 13.3 Å². The van der Waals surface area contributed by atoms with Crippen molar-refractivity contribution < 1.29 is 14.6 Å². The molecule has 0 aromatic heterocycles. The summed E-state index contributed by atoms with van der Waals surface area (Å²) in [5.41, 5.74) is 0.429. The molecular formula is C10H17NO3. The second-order valence-electron chi connectivity index (χ2n) is 3.43. The normalized spacial score (nSPS) is 19.6. The molecule has 0 radical (unpaired) electrons. The van der Waals surface area contributed by atoms with Crippen molar-refractivity contribution in [2.45, 2.75) is 13.3 Å². The summed E-state index contributed by atoms with van der Waals surface area (Å²) in [6.07, 6.45) is 2.58. The van der Waals surface area contributed by atoms with E-state index >= 15 is 0 Å². The van der Waals surface area contributed by atoms with Gasteiger partial charge in [0.1, 0.15) is 0 Å². The first-order valence-electron chi connectivity index (χ1n) is 4.90. The summed E-state index contributed by atoms with van der Waals surface area (Å²) in [5.74, 6) is -0.827. The van der Waals surface area contributed by atoms with E-state index < -0.39 is 5.97 Å². The Kier molecular flexibility index (Phi) is 4.62. The predicted molar refractivity (Wildman–Crippen MR) is 53.3 cm³/mol. The van der Waals surface area contributed by atoms with Gasteiger partial charge >= 0.3 is 5.97 Å². The van der Waals surface area contributed by atoms with Crippen LogP contribution in [0.3, 0.4) is 0 Å². The van der Waals surface area contributed by atoms with Gasteiger partial charge in [-0.05, 0) is 13.3 Å². The minimum atomic E-state index is -0.827. The molecule has 1 N–H and O–H groups in total. The van der Waals surface area contributed by atoms with Crippen LogP contribution in [0.15, 0.2) is 11.6 Å². The van der Waals surface area contributed by atoms with E-state index in [0.29, 0.717) is 5.57 Å². The molecule has 0 aromatic carbocycles. The molecule has 0 unspecified atom stereocenters. The minimum Gasteiger partial charge on any atom is -0.478 e. The molecule has 1 heterocycles. The fourth-order valence-corrected chi connectivity index (χ4v) is 1.38. The van der Waals surface area contributed by atoms with Crippen molar-refractivity contribution in [2.75, 3.05) is 32.8 Å². The number of nitrogens with zero attached hydrogens (tertiary/aromatic N) is 1. The molecule has 1 rings (SSSR count). The van der Waals surface area contributed by atoms with Gasteiger partial charge in [0.2, 0.25) is 0 Å². The topological polar surface area (TPSA) is 49.8 Å². The van der Waals surface area contributed by atoms with Crippen LogP contribution in [0, 0.1) is 0 Å². The summed E-state index contributed by atoms with van der Waals surface area (Å²) >= 11 is 0. The van der Waals surface area contributed by atoms with Crippen molar-refractivity contribution in [1.82, 2.24) is 4.90 Å². The van der Waals surface area contributed by atoms with Crippen molar-refractivity contribution in [3.8, 4) is 0 Å². The van der Waals surface area contributed by atoms with Gasteiger partial charge in [0.25, 0.3) is 0 Å². The molecule has 4 nitrogen and oxygen atoms in total. The number of aliphatic carboxylic acids is 1. The highest BCUT2D eigenvalue weighted by Crippen LogP contribution is 2.01. The number of hydrogen-bond donors (Lipinski definition) is 1. The van der Waals surface area contributed by atoms with Crippen LogP contribution >= 0.6 is 0 Å². The van der Waals surface area contributed by atoms with Gasteiger partial charge in [-0.3, -0.25) is 4.90 Å². The average molecular weight is 199 g/mol. The Labute approximate surface area is 84.2 Å². The molecule has 0 atom stereocenters. The summed E-state index contributed by atoms with van der Waals surface area (Å²) in [7, 11) is 0. The van der Waals surface area contributed by atoms with Gasteiger partial charge in [-0.15, -0.1) is 0 Å². The molecule has 4 heteroatoms. The summed E-state index contributed by atoms with van der Waals surface area (Å²) in [6, 6.07) is 0. The minimum absolute atomic E-state index is 0.429. The molecule has 0 spiro atoms. The van der Waals surface area contributed by atoms with E-state index in [1.165, 1.54) is 0 Å². The molecule has 0 aliphatic carbocycles. The lowest BCUT2D eigenvalue weighted by atomic mass is 10.2. The molecule has 0 bridgehead atoms. The van der Waals surface area contributed by atoms with Crippen molar-refractivity contribution in [3.05, 3.63) is 11.6 Å². The van der Waals surface area contributed by atoms with Crippen LogP contribution in [-0.2, 0) is 9.53 Å². The molecule has 1 aliphatic rings. The van der Waals surface area contributed by atoms with Crippen molar-refractivity contribution in [1.29, 1.82) is 0 Å². The van der Waals surface area contributed by atoms with E-state index in [4.69, 9.17) is 9.84 Å². The van der Waals surface area contributed by atoms with Gasteiger partial charge in [0.15, 0.2) is 0 Å². The number of carbonyl (C=O) groups is 1. The Morgan fingerprint density at radius 1 is 1.50 bits per heavy atom. The standard InChI is InChI=1S/C10H17NO3/c1-9(10(12)13)3-2-4-11-5-7-14-8-6-11/h3H,2,4-8H2,1H3,(H,12,13)/b9-3+. The molecule has 0 aromatic rings. The summed E-state index contributed by atoms with van der Waals surface area (Å²) < 4.78 is 5.21. The summed E-state index contributed by atoms with van der Waals surface area (Å²) in [6.45, 7) is 6.05. The van der Waals surface area contributed by atoms with Crippen molar-refractivity contribution in [3.63, 3.8) is 0 Å². The zero-order valence-electron chi connectivity index (χ0n) is 8.53. The van der Waals surface area contributed by atoms with Crippen LogP contribution in [0.4, 0.5) is 0 Å². The van der Waals surface area contributed by atoms with E-state index in [0.717, 1.165) is 39.3 Å². The Balaban J connectivity index is 2.19. The van der Waals surface area contributed by atoms with Crippen LogP contribution in [0.5, 0.6) is 0 Å². The molecule has 80 valence electrons. The maximum absolute atomic E-state index is 10.5. The highest BCUT2D eigenvalue weighted by Gasteiger charge is 2.08. The first kappa shape index (κ1) is 11.2. The van der Waals surface area contributed by atoms with E-state index in [2.05, 4.69) is 4.90 Å². The summed E-state index contributed by atoms with van der Waals surface area (Å²) in [4.78, 5) is 12.8. The Bertz CT molecular complexity index is 219. The largest absolute Gasteiger partial charge is 0.478 e. The third-order valence-electron chi connectivity index (χ3n) is 2.34. The molecule has 0 saturated carbocycles. The molecule has 0 amide bonds. The van der Waals surface area contributed by atoms with E-state index in [-0.39, 0.29) is 0 Å². The number of carboxylic acids is 1. The molecule has 14 heavy (non-hydrogen) atoms. The second kappa shape index (κ2) is 5.78. The van der Waals surface area contributed by atoms with Gasteiger partial charge in [-0.25, -0.2) is 4.79 Å². The van der Waals surface area contributed by atoms with E-state index in [9.17, 15) is 4.79 Å². The monoisotopic (exact) mass is 199 g/mol. The molecular weight excluding hydrogens is 182 g/mol. The average Bonchev–Trinajstić information content (AvgIpc) is 2.19. The zero-order valence-corrected chi connectivity index (χ0v) is 8.53. The highest BCUT2D eigenvalue weighted by molar-refractivity contribution is 5.85. The predicted octanol–water partition coefficient (Wildman–Crippen LogP) is 0.740. The fourth-order valence-electron chi connectivity index (χ4n) is 1.38. The first-order valence-corrected chi connectivity index (χ1v) is 4.90. The lowest BCUT2D eigenvalue weighted by Gasteiger charge is -2.25. The van der Waals surface area contributed by atoms with Crippen LogP contribution in [0.25, 0.3) is 0 Å². The lowest BCUT2D eigenvalue weighted by molar-refractivity contribution is -0.132. The second-order valence-corrected chi connectivity index (χ2v) is 3.43. The Morgan fingerprint density at radius 2 is 2.14 bits per heavy atom. The Hall–Kier alpha value is -0.870. The first-order chi connectivity index (χ1) is 6.70. The number of rotatable bonds is 4. The smallest absolute Gasteiger partial charge is 0.330 e. The van der Waals surface area contributed by atoms with Crippen LogP contribution in [0.2, 0.25) is 0 Å². The van der Waals surface area contributed by atoms with E-state index in [1.807, 2.05) is 0 Å². The SMILES string of the molecule is C/C(=C\CCN1CCOCC1)C(=O)O. The number of carboxylic acid groups (broad SMARTS) is 1. The van der Waals surface area contributed by atoms with Crippen molar-refractivity contribution in [2.24, 2.45) is 0 Å². The molecule has 1 saturated heterocycles. The third-order valence-corrected chi connectivity index (χ3v) is 2.34. The van der Waals surface area contributed by atoms with Crippen molar-refractivity contribution >= 4 is 5.97 Å². The van der Waals surface area contributed by atoms with Gasteiger partial charge in [-0.1, -0.05) is 6.08 Å². The van der Waals surface area contributed by atoms with Gasteiger partial charge in [-0.2, -0.15) is 0 Å². The van der Waals surface area contributed by atoms with E-state index in [1.54, 1.807) is 13.0 Å². The van der Waals surface area contributed by atoms with Crippen LogP contribution < -0.4 is 0 Å². The highest BCUT2D eigenvalue weighted by atomic mass is 16.5. The maximum Gasteiger partial charge on any atom is 0.330 e. The molecule has 1 aliphatic heterocycles. The fraction of sp³-hybridized carbons (Fsp3) is 0.700. The zero-order chi connectivity index (χ0) is 10.4. The number of hydrogen-bond acceptors (Lipinski definition) is 3. The summed E-state index contributed by atoms with van der Waals surface area (Å²) in [5, 5.41) is 8.62. The Morgan fingerprint density at radius 3 is 2.71 bits per heavy atom. The van der Waals surface area contributed by atoms with Gasteiger partial charge in [0, 0.05) is 25.2 Å². The van der Waals surface area contributed by atoms with Crippen LogP contribution in [-0.4, -0.2) is 48.8 Å². The van der Waals surface area contributed by atoms with Gasteiger partial charge < -0.3 is 9.84 Å². The lowest BCUT2D eigenvalue weighted by Crippen LogP contribution is -2.36. The van der Waals surface area contributed by atoms with Gasteiger partial charge in [0.05, 0.1) is 13.2 Å². The number of ether oxygens (including phenoxy) is 1. The number of morpholine rings is 1.